The largest absolute Gasteiger partial charge is 0.296 e. The molecule has 0 radical (unpaired) electrons. The van der Waals surface area contributed by atoms with Gasteiger partial charge >= 0.3 is 0 Å². The number of fused-ring (bicyclic) bond motifs is 3. The fraction of sp³-hybridized carbons (Fsp3) is 0.286. The molecule has 0 aliphatic carbocycles. The second-order valence-electron chi connectivity index (χ2n) is 8.20. The maximum atomic E-state index is 5.04. The van der Waals surface area contributed by atoms with Gasteiger partial charge in [0.2, 0.25) is 0 Å². The van der Waals surface area contributed by atoms with E-state index in [1.165, 1.54) is 33.1 Å². The summed E-state index contributed by atoms with van der Waals surface area (Å²) in [5, 5.41) is 5.66. The third kappa shape index (κ3) is 1.37. The van der Waals surface area contributed by atoms with Gasteiger partial charge in [0.05, 0.1) is 19.3 Å². The highest BCUT2D eigenvalue weighted by molar-refractivity contribution is 6.94. The Kier molecular flexibility index (Phi) is 2.43. The molecule has 0 fully saturated rings. The number of nitrogens with zero attached hydrogens (tertiary/aromatic N) is 2. The van der Waals surface area contributed by atoms with Gasteiger partial charge in [-0.2, -0.15) is 0 Å². The van der Waals surface area contributed by atoms with Gasteiger partial charge in [0, 0.05) is 21.5 Å². The number of aromatic nitrogens is 2. The summed E-state index contributed by atoms with van der Waals surface area (Å²) in [6, 6.07) is 15.6. The molecule has 4 aromatic rings. The van der Waals surface area contributed by atoms with Crippen LogP contribution < -0.4 is 5.19 Å². The number of rotatable bonds is 0. The van der Waals surface area contributed by atoms with Crippen molar-refractivity contribution in [1.29, 1.82) is 0 Å². The number of benzene rings is 2. The lowest BCUT2D eigenvalue weighted by atomic mass is 10.0. The van der Waals surface area contributed by atoms with Gasteiger partial charge in [-0.3, -0.25) is 4.40 Å². The van der Waals surface area contributed by atoms with Crippen LogP contribution in [0, 0.1) is 6.92 Å². The molecule has 24 heavy (non-hydrogen) atoms. The van der Waals surface area contributed by atoms with E-state index in [0.29, 0.717) is 0 Å². The summed E-state index contributed by atoms with van der Waals surface area (Å²) in [5.41, 5.74) is 5.13. The Morgan fingerprint density at radius 3 is 2.33 bits per heavy atom. The standard InChI is InChI=1S/C21H22N2Si/c1-13-19-21(2,3)24(4,5)17-12-8-11-15-14-9-6-7-10-16(14)20(22-13)23(19)18(15)17/h6-12H,1-5H3. The topological polar surface area (TPSA) is 17.3 Å². The smallest absolute Gasteiger partial charge is 0.145 e. The molecule has 0 amide bonds. The lowest BCUT2D eigenvalue weighted by molar-refractivity contribution is 0.679. The molecule has 2 aromatic heterocycles. The zero-order valence-corrected chi connectivity index (χ0v) is 15.9. The summed E-state index contributed by atoms with van der Waals surface area (Å²) < 4.78 is 2.47. The minimum absolute atomic E-state index is 0.153. The van der Waals surface area contributed by atoms with Crippen LogP contribution >= 0.6 is 0 Å². The van der Waals surface area contributed by atoms with E-state index in [0.717, 1.165) is 5.65 Å². The van der Waals surface area contributed by atoms with Crippen LogP contribution in [-0.2, 0) is 5.04 Å². The van der Waals surface area contributed by atoms with E-state index in [2.05, 4.69) is 80.7 Å². The van der Waals surface area contributed by atoms with Crippen molar-refractivity contribution in [3.8, 4) is 0 Å². The molecular formula is C21H22N2Si. The molecule has 3 heteroatoms. The molecule has 2 nitrogen and oxygen atoms in total. The highest BCUT2D eigenvalue weighted by Gasteiger charge is 2.48. The molecule has 1 aliphatic heterocycles. The second-order valence-corrected chi connectivity index (χ2v) is 13.2. The van der Waals surface area contributed by atoms with Crippen molar-refractivity contribution in [1.82, 2.24) is 9.38 Å². The van der Waals surface area contributed by atoms with Crippen LogP contribution in [0.4, 0.5) is 0 Å². The average molecular weight is 331 g/mol. The molecule has 0 saturated carbocycles. The molecule has 5 rings (SSSR count). The lowest BCUT2D eigenvalue weighted by Gasteiger charge is -2.44. The third-order valence-electron chi connectivity index (χ3n) is 6.60. The first-order valence-electron chi connectivity index (χ1n) is 8.69. The number of hydrogen-bond acceptors (Lipinski definition) is 1. The van der Waals surface area contributed by atoms with Crippen molar-refractivity contribution in [3.05, 3.63) is 53.9 Å². The van der Waals surface area contributed by atoms with Gasteiger partial charge in [-0.15, -0.1) is 0 Å². The van der Waals surface area contributed by atoms with Crippen LogP contribution in [-0.4, -0.2) is 17.5 Å². The van der Waals surface area contributed by atoms with E-state index in [1.54, 1.807) is 5.19 Å². The van der Waals surface area contributed by atoms with Crippen LogP contribution in [0.2, 0.25) is 13.1 Å². The fourth-order valence-electron chi connectivity index (χ4n) is 4.71. The summed E-state index contributed by atoms with van der Waals surface area (Å²) in [4.78, 5) is 5.04. The molecule has 0 saturated heterocycles. The van der Waals surface area contributed by atoms with Crippen molar-refractivity contribution in [3.63, 3.8) is 0 Å². The van der Waals surface area contributed by atoms with Crippen LogP contribution in [0.5, 0.6) is 0 Å². The minimum Gasteiger partial charge on any atom is -0.296 e. The zero-order valence-electron chi connectivity index (χ0n) is 14.9. The summed E-state index contributed by atoms with van der Waals surface area (Å²) in [6.45, 7) is 12.1. The van der Waals surface area contributed by atoms with E-state index in [9.17, 15) is 0 Å². The van der Waals surface area contributed by atoms with Crippen molar-refractivity contribution >= 4 is 40.6 Å². The molecule has 0 unspecified atom stereocenters. The average Bonchev–Trinajstić information content (AvgIpc) is 2.91. The molecular weight excluding hydrogens is 308 g/mol. The van der Waals surface area contributed by atoms with E-state index in [-0.39, 0.29) is 5.04 Å². The zero-order chi connectivity index (χ0) is 16.9. The van der Waals surface area contributed by atoms with Gasteiger partial charge in [-0.1, -0.05) is 69.4 Å². The SMILES string of the molecule is Cc1nc2c3ccccc3c3cccc4c3n2c1C(C)(C)[Si]4(C)C. The number of pyridine rings is 1. The number of para-hydroxylation sites is 1. The van der Waals surface area contributed by atoms with E-state index in [4.69, 9.17) is 4.98 Å². The Morgan fingerprint density at radius 1 is 0.917 bits per heavy atom. The monoisotopic (exact) mass is 330 g/mol. The van der Waals surface area contributed by atoms with Crippen LogP contribution in [0.3, 0.4) is 0 Å². The van der Waals surface area contributed by atoms with Crippen LogP contribution in [0.1, 0.15) is 25.2 Å². The van der Waals surface area contributed by atoms with Gasteiger partial charge < -0.3 is 0 Å². The van der Waals surface area contributed by atoms with Crippen molar-refractivity contribution in [2.75, 3.05) is 0 Å². The first-order valence-corrected chi connectivity index (χ1v) is 11.7. The normalized spacial score (nSPS) is 18.0. The van der Waals surface area contributed by atoms with Gasteiger partial charge in [0.25, 0.3) is 0 Å². The van der Waals surface area contributed by atoms with Gasteiger partial charge in [-0.25, -0.2) is 4.98 Å². The van der Waals surface area contributed by atoms with Crippen LogP contribution in [0.15, 0.2) is 42.5 Å². The Labute approximate surface area is 143 Å². The summed E-state index contributed by atoms with van der Waals surface area (Å²) >= 11 is 0. The molecule has 120 valence electrons. The van der Waals surface area contributed by atoms with Crippen molar-refractivity contribution in [2.45, 2.75) is 38.9 Å². The molecule has 0 bridgehead atoms. The van der Waals surface area contributed by atoms with E-state index < -0.39 is 8.07 Å². The lowest BCUT2D eigenvalue weighted by Crippen LogP contribution is -2.60. The minimum atomic E-state index is -1.69. The Hall–Kier alpha value is -2.13. The Bertz CT molecular complexity index is 1170. The van der Waals surface area contributed by atoms with Crippen molar-refractivity contribution < 1.29 is 0 Å². The maximum absolute atomic E-state index is 5.04. The second kappa shape index (κ2) is 4.09. The predicted octanol–water partition coefficient (Wildman–Crippen LogP) is 4.69. The fourth-order valence-corrected chi connectivity index (χ4v) is 7.62. The van der Waals surface area contributed by atoms with Crippen LogP contribution in [0.25, 0.3) is 27.3 Å². The van der Waals surface area contributed by atoms with Crippen molar-refractivity contribution in [2.24, 2.45) is 0 Å². The third-order valence-corrected chi connectivity index (χ3v) is 11.7. The highest BCUT2D eigenvalue weighted by atomic mass is 28.3. The number of hydrogen-bond donors (Lipinski definition) is 0. The van der Waals surface area contributed by atoms with Gasteiger partial charge in [0.1, 0.15) is 5.65 Å². The summed E-state index contributed by atoms with van der Waals surface area (Å²) in [6.07, 6.45) is 0. The Morgan fingerprint density at radius 2 is 1.58 bits per heavy atom. The highest BCUT2D eigenvalue weighted by Crippen LogP contribution is 2.43. The quantitative estimate of drug-likeness (QED) is 0.337. The molecule has 2 aromatic carbocycles. The molecule has 0 spiro atoms. The first-order chi connectivity index (χ1) is 11.4. The summed E-state index contributed by atoms with van der Waals surface area (Å²) in [7, 11) is -1.69. The molecule has 0 N–H and O–H groups in total. The molecule has 1 aliphatic rings. The van der Waals surface area contributed by atoms with E-state index >= 15 is 0 Å². The maximum Gasteiger partial charge on any atom is 0.145 e. The first kappa shape index (κ1) is 14.2. The molecule has 3 heterocycles. The van der Waals surface area contributed by atoms with Gasteiger partial charge in [0.15, 0.2) is 0 Å². The molecule has 0 atom stereocenters. The predicted molar refractivity (Wildman–Crippen MR) is 105 cm³/mol. The number of aryl methyl sites for hydroxylation is 1. The van der Waals surface area contributed by atoms with Gasteiger partial charge in [-0.05, 0) is 17.5 Å². The van der Waals surface area contributed by atoms with E-state index in [1.807, 2.05) is 0 Å². The summed E-state index contributed by atoms with van der Waals surface area (Å²) in [5.74, 6) is 0. The number of imidazole rings is 1. The Balaban J connectivity index is 2.24.